The highest BCUT2D eigenvalue weighted by Gasteiger charge is 2.46. The van der Waals surface area contributed by atoms with Gasteiger partial charge in [0.05, 0.1) is 4.92 Å². The van der Waals surface area contributed by atoms with Crippen molar-refractivity contribution >= 4 is 5.69 Å². The lowest BCUT2D eigenvalue weighted by Crippen LogP contribution is -2.49. The Balaban J connectivity index is 2.45. The lowest BCUT2D eigenvalue weighted by molar-refractivity contribution is -0.385. The lowest BCUT2D eigenvalue weighted by atomic mass is 10.0. The van der Waals surface area contributed by atoms with Gasteiger partial charge in [-0.25, -0.2) is 0 Å². The number of nitro benzene ring substituents is 1. The van der Waals surface area contributed by atoms with E-state index in [4.69, 9.17) is 0 Å². The molecule has 6 nitrogen and oxygen atoms in total. The molecule has 0 radical (unpaired) electrons. The normalized spacial score (nSPS) is 18.4. The Hall–Kier alpha value is -1.87. The van der Waals surface area contributed by atoms with Crippen molar-refractivity contribution in [3.63, 3.8) is 0 Å². The van der Waals surface area contributed by atoms with E-state index in [-0.39, 0.29) is 13.1 Å². The fraction of sp³-hybridized carbons (Fsp3) is 0.500. The SMILES string of the molecule is O=[N+]([O-])c1ccc(O)c([C@H](N2CCNCC2)C(F)(F)F)c1. The van der Waals surface area contributed by atoms with Crippen LogP contribution < -0.4 is 5.32 Å². The Kier molecular flexibility index (Phi) is 4.33. The van der Waals surface area contributed by atoms with Crippen LogP contribution >= 0.6 is 0 Å². The number of aromatic hydroxyl groups is 1. The predicted octanol–water partition coefficient (Wildman–Crippen LogP) is 1.81. The zero-order valence-electron chi connectivity index (χ0n) is 10.9. The van der Waals surface area contributed by atoms with Gasteiger partial charge in [-0.1, -0.05) is 0 Å². The average molecular weight is 305 g/mol. The summed E-state index contributed by atoms with van der Waals surface area (Å²) >= 11 is 0. The summed E-state index contributed by atoms with van der Waals surface area (Å²) in [6.45, 7) is 1.07. The number of non-ortho nitro benzene ring substituents is 1. The minimum absolute atomic E-state index is 0.145. The van der Waals surface area contributed by atoms with Gasteiger partial charge in [0.25, 0.3) is 5.69 Å². The number of alkyl halides is 3. The number of nitro groups is 1. The van der Waals surface area contributed by atoms with Gasteiger partial charge in [-0.15, -0.1) is 0 Å². The molecule has 0 spiro atoms. The molecule has 9 heteroatoms. The van der Waals surface area contributed by atoms with E-state index in [0.29, 0.717) is 13.1 Å². The number of halogens is 3. The summed E-state index contributed by atoms with van der Waals surface area (Å²) in [6, 6.07) is 0.632. The van der Waals surface area contributed by atoms with Crippen molar-refractivity contribution in [3.8, 4) is 5.75 Å². The van der Waals surface area contributed by atoms with Crippen LogP contribution in [0, 0.1) is 10.1 Å². The Morgan fingerprint density at radius 1 is 1.33 bits per heavy atom. The van der Waals surface area contributed by atoms with Gasteiger partial charge in [-0.3, -0.25) is 15.0 Å². The van der Waals surface area contributed by atoms with Crippen LogP contribution in [0.15, 0.2) is 18.2 Å². The maximum atomic E-state index is 13.4. The standard InChI is InChI=1S/C12H14F3N3O3/c13-12(14,15)11(17-5-3-16-4-6-17)9-7-8(18(20)21)1-2-10(9)19/h1-2,7,11,16,19H,3-6H2/t11-/m0/s1. The third kappa shape index (κ3) is 3.42. The zero-order chi connectivity index (χ0) is 15.6. The van der Waals surface area contributed by atoms with E-state index in [0.717, 1.165) is 23.1 Å². The van der Waals surface area contributed by atoms with Gasteiger partial charge in [-0.2, -0.15) is 13.2 Å². The monoisotopic (exact) mass is 305 g/mol. The number of benzene rings is 1. The quantitative estimate of drug-likeness (QED) is 0.658. The Morgan fingerprint density at radius 2 is 1.95 bits per heavy atom. The molecule has 1 aromatic carbocycles. The smallest absolute Gasteiger partial charge is 0.408 e. The summed E-state index contributed by atoms with van der Waals surface area (Å²) in [5.74, 6) is -0.596. The number of rotatable bonds is 3. The van der Waals surface area contributed by atoms with Gasteiger partial charge in [0, 0.05) is 43.9 Å². The van der Waals surface area contributed by atoms with E-state index >= 15 is 0 Å². The first kappa shape index (κ1) is 15.5. The zero-order valence-corrected chi connectivity index (χ0v) is 10.9. The fourth-order valence-corrected chi connectivity index (χ4v) is 2.39. The van der Waals surface area contributed by atoms with E-state index in [1.807, 2.05) is 0 Å². The third-order valence-electron chi connectivity index (χ3n) is 3.34. The van der Waals surface area contributed by atoms with E-state index in [9.17, 15) is 28.4 Å². The number of phenols is 1. The maximum absolute atomic E-state index is 13.4. The highest BCUT2D eigenvalue weighted by molar-refractivity contribution is 5.45. The second kappa shape index (κ2) is 5.86. The van der Waals surface area contributed by atoms with Crippen LogP contribution in [0.2, 0.25) is 0 Å². The number of nitrogens with zero attached hydrogens (tertiary/aromatic N) is 2. The highest BCUT2D eigenvalue weighted by Crippen LogP contribution is 2.42. The van der Waals surface area contributed by atoms with Crippen LogP contribution in [-0.2, 0) is 0 Å². The lowest BCUT2D eigenvalue weighted by Gasteiger charge is -2.36. The molecule has 21 heavy (non-hydrogen) atoms. The molecule has 0 amide bonds. The summed E-state index contributed by atoms with van der Waals surface area (Å²) in [7, 11) is 0. The first-order chi connectivity index (χ1) is 9.80. The largest absolute Gasteiger partial charge is 0.508 e. The van der Waals surface area contributed by atoms with Crippen LogP contribution in [0.25, 0.3) is 0 Å². The van der Waals surface area contributed by atoms with E-state index in [2.05, 4.69) is 5.32 Å². The molecule has 1 aliphatic rings. The second-order valence-electron chi connectivity index (χ2n) is 4.73. The Bertz CT molecular complexity index is 530. The van der Waals surface area contributed by atoms with Crippen LogP contribution in [0.1, 0.15) is 11.6 Å². The van der Waals surface area contributed by atoms with Gasteiger partial charge in [0.2, 0.25) is 0 Å². The molecule has 0 unspecified atom stereocenters. The van der Waals surface area contributed by atoms with Gasteiger partial charge >= 0.3 is 6.18 Å². The van der Waals surface area contributed by atoms with E-state index < -0.39 is 34.1 Å². The minimum atomic E-state index is -4.63. The van der Waals surface area contributed by atoms with Crippen LogP contribution in [0.4, 0.5) is 18.9 Å². The topological polar surface area (TPSA) is 78.6 Å². The average Bonchev–Trinajstić information content (AvgIpc) is 2.40. The Morgan fingerprint density at radius 3 is 2.48 bits per heavy atom. The molecule has 116 valence electrons. The molecule has 1 saturated heterocycles. The van der Waals surface area contributed by atoms with Gasteiger partial charge in [-0.05, 0) is 6.07 Å². The molecule has 1 aliphatic heterocycles. The van der Waals surface area contributed by atoms with Crippen LogP contribution in [0.5, 0.6) is 5.75 Å². The van der Waals surface area contributed by atoms with Gasteiger partial charge in [0.15, 0.2) is 0 Å². The van der Waals surface area contributed by atoms with Crippen molar-refractivity contribution in [1.29, 1.82) is 0 Å². The van der Waals surface area contributed by atoms with Crippen molar-refractivity contribution in [1.82, 2.24) is 10.2 Å². The summed E-state index contributed by atoms with van der Waals surface area (Å²) in [5.41, 5.74) is -0.967. The first-order valence-electron chi connectivity index (χ1n) is 6.29. The van der Waals surface area contributed by atoms with Crippen molar-refractivity contribution in [3.05, 3.63) is 33.9 Å². The van der Waals surface area contributed by atoms with Crippen molar-refractivity contribution in [2.45, 2.75) is 12.2 Å². The minimum Gasteiger partial charge on any atom is -0.508 e. The summed E-state index contributed by atoms with van der Waals surface area (Å²) in [4.78, 5) is 11.1. The highest BCUT2D eigenvalue weighted by atomic mass is 19.4. The molecular formula is C12H14F3N3O3. The molecule has 2 N–H and O–H groups in total. The molecular weight excluding hydrogens is 291 g/mol. The molecule has 0 aromatic heterocycles. The van der Waals surface area contributed by atoms with Crippen molar-refractivity contribution < 1.29 is 23.2 Å². The molecule has 1 atom stereocenters. The van der Waals surface area contributed by atoms with Crippen molar-refractivity contribution in [2.75, 3.05) is 26.2 Å². The number of hydrogen-bond acceptors (Lipinski definition) is 5. The second-order valence-corrected chi connectivity index (χ2v) is 4.73. The van der Waals surface area contributed by atoms with Crippen LogP contribution in [-0.4, -0.2) is 47.3 Å². The summed E-state index contributed by atoms with van der Waals surface area (Å²) in [6.07, 6.45) is -4.63. The summed E-state index contributed by atoms with van der Waals surface area (Å²) < 4.78 is 40.1. The number of nitrogens with one attached hydrogen (secondary N) is 1. The molecule has 0 aliphatic carbocycles. The Labute approximate surface area is 118 Å². The maximum Gasteiger partial charge on any atom is 0.408 e. The molecule has 2 rings (SSSR count). The third-order valence-corrected chi connectivity index (χ3v) is 3.34. The van der Waals surface area contributed by atoms with Gasteiger partial charge < -0.3 is 10.4 Å². The number of hydrogen-bond donors (Lipinski definition) is 2. The predicted molar refractivity (Wildman–Crippen MR) is 68.0 cm³/mol. The van der Waals surface area contributed by atoms with E-state index in [1.165, 1.54) is 0 Å². The van der Waals surface area contributed by atoms with E-state index in [1.54, 1.807) is 0 Å². The molecule has 0 saturated carbocycles. The molecule has 1 aromatic rings. The number of piperazine rings is 1. The molecule has 1 heterocycles. The fourth-order valence-electron chi connectivity index (χ4n) is 2.39. The molecule has 1 fully saturated rings. The van der Waals surface area contributed by atoms with Crippen molar-refractivity contribution in [2.24, 2.45) is 0 Å². The van der Waals surface area contributed by atoms with Crippen LogP contribution in [0.3, 0.4) is 0 Å². The van der Waals surface area contributed by atoms with Gasteiger partial charge in [0.1, 0.15) is 11.8 Å². The molecule has 0 bridgehead atoms. The first-order valence-corrected chi connectivity index (χ1v) is 6.29. The summed E-state index contributed by atoms with van der Waals surface area (Å²) in [5, 5.41) is 23.4. The number of phenolic OH excluding ortho intramolecular Hbond substituents is 1.